The van der Waals surface area contributed by atoms with Crippen LogP contribution in [-0.2, 0) is 0 Å². The van der Waals surface area contributed by atoms with Gasteiger partial charge < -0.3 is 0 Å². The van der Waals surface area contributed by atoms with Crippen LogP contribution in [0.15, 0.2) is 36.5 Å². The molecule has 0 fully saturated rings. The lowest BCUT2D eigenvalue weighted by atomic mass is 10.0. The van der Waals surface area contributed by atoms with Gasteiger partial charge in [-0.2, -0.15) is 0 Å². The van der Waals surface area contributed by atoms with E-state index in [1.807, 2.05) is 12.5 Å². The summed E-state index contributed by atoms with van der Waals surface area (Å²) in [7, 11) is 0. The first-order valence-electron chi connectivity index (χ1n) is 3.26. The summed E-state index contributed by atoms with van der Waals surface area (Å²) in [4.78, 5) is 0. The Labute approximate surface area is 56.6 Å². The Morgan fingerprint density at radius 2 is 2.44 bits per heavy atom. The second-order valence-corrected chi connectivity index (χ2v) is 2.09. The minimum Gasteiger partial charge on any atom is -0.0404 e. The highest BCUT2D eigenvalue weighted by molar-refractivity contribution is 5.32. The molecule has 0 aromatic rings. The molecule has 0 N–H and O–H groups in total. The van der Waals surface area contributed by atoms with Crippen molar-refractivity contribution >= 4 is 0 Å². The Morgan fingerprint density at radius 3 is 3.00 bits per heavy atom. The maximum absolute atomic E-state index is 3.62. The maximum atomic E-state index is 3.62. The van der Waals surface area contributed by atoms with Gasteiger partial charge >= 0.3 is 0 Å². The molecule has 0 aromatic heterocycles. The monoisotopic (exact) mass is 119 g/mol. The molecule has 0 heteroatoms. The zero-order chi connectivity index (χ0) is 6.53. The van der Waals surface area contributed by atoms with E-state index in [-0.39, 0.29) is 0 Å². The molecule has 0 heterocycles. The summed E-state index contributed by atoms with van der Waals surface area (Å²) in [5.74, 6) is 0. The zero-order valence-electron chi connectivity index (χ0n) is 5.51. The number of hydrogen-bond donors (Lipinski definition) is 0. The third-order valence-corrected chi connectivity index (χ3v) is 1.33. The second kappa shape index (κ2) is 3.18. The Hall–Kier alpha value is -0.910. The molecule has 0 radical (unpaired) electrons. The van der Waals surface area contributed by atoms with E-state index in [1.54, 1.807) is 0 Å². The van der Waals surface area contributed by atoms with Gasteiger partial charge in [-0.25, -0.2) is 0 Å². The second-order valence-electron chi connectivity index (χ2n) is 2.09. The molecule has 0 aromatic carbocycles. The number of rotatable bonds is 2. The van der Waals surface area contributed by atoms with Gasteiger partial charge in [0, 0.05) is 25.0 Å². The van der Waals surface area contributed by atoms with Crippen LogP contribution in [0, 0.1) is 6.42 Å². The molecule has 9 heavy (non-hydrogen) atoms. The Morgan fingerprint density at radius 1 is 1.56 bits per heavy atom. The minimum absolute atomic E-state index is 1.18. The lowest BCUT2D eigenvalue weighted by Gasteiger charge is -1.94. The smallest absolute Gasteiger partial charge is 0.0404 e. The van der Waals surface area contributed by atoms with E-state index < -0.39 is 0 Å². The summed E-state index contributed by atoms with van der Waals surface area (Å²) in [5, 5.41) is 0. The molecule has 0 amide bonds. The Balaban J connectivity index is 2.47. The van der Waals surface area contributed by atoms with Crippen LogP contribution in [0.2, 0.25) is 0 Å². The van der Waals surface area contributed by atoms with Crippen molar-refractivity contribution < 1.29 is 0 Å². The van der Waals surface area contributed by atoms with Crippen molar-refractivity contribution in [2.75, 3.05) is 0 Å². The molecule has 1 rings (SSSR count). The van der Waals surface area contributed by atoms with Gasteiger partial charge in [0.15, 0.2) is 0 Å². The van der Waals surface area contributed by atoms with Gasteiger partial charge in [0.2, 0.25) is 0 Å². The van der Waals surface area contributed by atoms with Crippen molar-refractivity contribution in [1.82, 2.24) is 0 Å². The van der Waals surface area contributed by atoms with Gasteiger partial charge in [-0.1, -0.05) is 0 Å². The molecule has 0 saturated heterocycles. The van der Waals surface area contributed by atoms with Crippen LogP contribution in [-0.4, -0.2) is 0 Å². The molecular formula is C9H11+. The fourth-order valence-electron chi connectivity index (χ4n) is 0.893. The summed E-state index contributed by atoms with van der Waals surface area (Å²) in [5.41, 5.74) is 1.29. The maximum Gasteiger partial charge on any atom is 0.0905 e. The molecule has 0 nitrogen and oxygen atoms in total. The Kier molecular flexibility index (Phi) is 2.20. The van der Waals surface area contributed by atoms with Crippen LogP contribution in [0.5, 0.6) is 0 Å². The average molecular weight is 119 g/mol. The molecule has 0 atom stereocenters. The van der Waals surface area contributed by atoms with E-state index >= 15 is 0 Å². The van der Waals surface area contributed by atoms with Gasteiger partial charge in [0.05, 0.1) is 5.57 Å². The molecule has 46 valence electrons. The van der Waals surface area contributed by atoms with E-state index in [1.165, 1.54) is 18.4 Å². The highest BCUT2D eigenvalue weighted by atomic mass is 14.0. The van der Waals surface area contributed by atoms with Gasteiger partial charge in [0.1, 0.15) is 0 Å². The van der Waals surface area contributed by atoms with Gasteiger partial charge in [0.25, 0.3) is 0 Å². The first-order valence-corrected chi connectivity index (χ1v) is 3.26. The SMILES string of the molecule is C=C[CH+]C1=CCCC=C1. The predicted molar refractivity (Wildman–Crippen MR) is 41.0 cm³/mol. The molecule has 0 aliphatic heterocycles. The van der Waals surface area contributed by atoms with E-state index in [0.29, 0.717) is 0 Å². The van der Waals surface area contributed by atoms with Crippen molar-refractivity contribution in [2.24, 2.45) is 0 Å². The largest absolute Gasteiger partial charge is 0.0905 e. The van der Waals surface area contributed by atoms with E-state index in [2.05, 4.69) is 24.8 Å². The first kappa shape index (κ1) is 6.21. The van der Waals surface area contributed by atoms with Gasteiger partial charge in [-0.3, -0.25) is 0 Å². The van der Waals surface area contributed by atoms with Crippen LogP contribution in [0.1, 0.15) is 12.8 Å². The van der Waals surface area contributed by atoms with Crippen LogP contribution < -0.4 is 0 Å². The molecule has 0 spiro atoms. The fourth-order valence-corrected chi connectivity index (χ4v) is 0.893. The van der Waals surface area contributed by atoms with E-state index in [4.69, 9.17) is 0 Å². The van der Waals surface area contributed by atoms with Crippen LogP contribution >= 0.6 is 0 Å². The van der Waals surface area contributed by atoms with Gasteiger partial charge in [-0.15, -0.1) is 0 Å². The highest BCUT2D eigenvalue weighted by Crippen LogP contribution is 2.11. The van der Waals surface area contributed by atoms with Crippen molar-refractivity contribution in [3.63, 3.8) is 0 Å². The average Bonchev–Trinajstić information content (AvgIpc) is 1.91. The normalized spacial score (nSPS) is 16.7. The highest BCUT2D eigenvalue weighted by Gasteiger charge is 1.99. The molecular weight excluding hydrogens is 108 g/mol. The third-order valence-electron chi connectivity index (χ3n) is 1.33. The Bertz CT molecular complexity index is 149. The molecule has 1 aliphatic carbocycles. The fraction of sp³-hybridized carbons (Fsp3) is 0.222. The summed E-state index contributed by atoms with van der Waals surface area (Å²) in [6.07, 6.45) is 12.8. The van der Waals surface area contributed by atoms with Crippen molar-refractivity contribution in [2.45, 2.75) is 12.8 Å². The molecule has 0 saturated carbocycles. The predicted octanol–water partition coefficient (Wildman–Crippen LogP) is 2.65. The zero-order valence-corrected chi connectivity index (χ0v) is 5.51. The van der Waals surface area contributed by atoms with Crippen LogP contribution in [0.4, 0.5) is 0 Å². The standard InChI is InChI=1S/C9H11/c1-2-6-9-7-4-3-5-8-9/h2,4,6-8H,1,3,5H2/q+1. The van der Waals surface area contributed by atoms with Crippen molar-refractivity contribution in [3.05, 3.63) is 42.9 Å². The van der Waals surface area contributed by atoms with Gasteiger partial charge in [-0.05, 0) is 25.2 Å². The summed E-state index contributed by atoms with van der Waals surface area (Å²) in [6, 6.07) is 0. The summed E-state index contributed by atoms with van der Waals surface area (Å²) < 4.78 is 0. The molecule has 1 aliphatic rings. The first-order chi connectivity index (χ1) is 4.43. The lowest BCUT2D eigenvalue weighted by Crippen LogP contribution is -1.82. The third kappa shape index (κ3) is 1.80. The topological polar surface area (TPSA) is 0 Å². The van der Waals surface area contributed by atoms with Crippen molar-refractivity contribution in [1.29, 1.82) is 0 Å². The molecule has 0 unspecified atom stereocenters. The summed E-state index contributed by atoms with van der Waals surface area (Å²) in [6.45, 7) is 3.62. The lowest BCUT2D eigenvalue weighted by molar-refractivity contribution is 1.02. The number of allylic oxidation sites excluding steroid dienone is 5. The quantitative estimate of drug-likeness (QED) is 0.490. The number of hydrogen-bond acceptors (Lipinski definition) is 0. The minimum atomic E-state index is 1.18. The van der Waals surface area contributed by atoms with Crippen LogP contribution in [0.3, 0.4) is 0 Å². The summed E-state index contributed by atoms with van der Waals surface area (Å²) >= 11 is 0. The van der Waals surface area contributed by atoms with E-state index in [9.17, 15) is 0 Å². The van der Waals surface area contributed by atoms with E-state index in [0.717, 1.165) is 0 Å². The van der Waals surface area contributed by atoms with Crippen molar-refractivity contribution in [3.8, 4) is 0 Å². The molecule has 0 bridgehead atoms. The van der Waals surface area contributed by atoms with Crippen LogP contribution in [0.25, 0.3) is 0 Å².